The zero-order valence-corrected chi connectivity index (χ0v) is 13.4. The summed E-state index contributed by atoms with van der Waals surface area (Å²) in [6.07, 6.45) is 3.49. The van der Waals surface area contributed by atoms with Gasteiger partial charge in [-0.15, -0.1) is 0 Å². The summed E-state index contributed by atoms with van der Waals surface area (Å²) in [6.45, 7) is 1.22. The smallest absolute Gasteiger partial charge is 0.341 e. The molecule has 6 heteroatoms. The van der Waals surface area contributed by atoms with Gasteiger partial charge in [0.2, 0.25) is 5.91 Å². The average Bonchev–Trinajstić information content (AvgIpc) is 2.58. The molecule has 1 aliphatic rings. The van der Waals surface area contributed by atoms with Gasteiger partial charge in [-0.05, 0) is 49.4 Å². The van der Waals surface area contributed by atoms with Gasteiger partial charge in [0.25, 0.3) is 0 Å². The van der Waals surface area contributed by atoms with Gasteiger partial charge in [0.1, 0.15) is 5.75 Å². The van der Waals surface area contributed by atoms with Gasteiger partial charge in [-0.3, -0.25) is 4.79 Å². The van der Waals surface area contributed by atoms with E-state index in [4.69, 9.17) is 14.6 Å². The third-order valence-electron chi connectivity index (χ3n) is 4.07. The second kappa shape index (κ2) is 8.53. The van der Waals surface area contributed by atoms with Crippen LogP contribution in [-0.4, -0.2) is 43.9 Å². The lowest BCUT2D eigenvalue weighted by Crippen LogP contribution is -2.27. The predicted octanol–water partition coefficient (Wildman–Crippen LogP) is 2.32. The van der Waals surface area contributed by atoms with E-state index in [1.165, 1.54) is 0 Å². The van der Waals surface area contributed by atoms with Crippen molar-refractivity contribution in [3.63, 3.8) is 0 Å². The standard InChI is InChI=1S/C17H23NO5/c1-18(16(19)7-2-13-8-10-22-11-9-13)14-3-5-15(6-4-14)23-12-17(20)21/h3-6,13H,2,7-12H2,1H3,(H,20,21). The van der Waals surface area contributed by atoms with Gasteiger partial charge in [-0.1, -0.05) is 0 Å². The molecule has 23 heavy (non-hydrogen) atoms. The van der Waals surface area contributed by atoms with E-state index in [1.54, 1.807) is 36.2 Å². The minimum atomic E-state index is -1.02. The summed E-state index contributed by atoms with van der Waals surface area (Å²) in [6, 6.07) is 6.84. The minimum Gasteiger partial charge on any atom is -0.482 e. The summed E-state index contributed by atoms with van der Waals surface area (Å²) in [5.41, 5.74) is 0.768. The van der Waals surface area contributed by atoms with E-state index in [0.717, 1.165) is 38.2 Å². The highest BCUT2D eigenvalue weighted by Gasteiger charge is 2.17. The molecule has 0 aliphatic carbocycles. The number of carboxylic acids is 1. The molecule has 0 unspecified atom stereocenters. The third-order valence-corrected chi connectivity index (χ3v) is 4.07. The number of carbonyl (C=O) groups is 2. The molecule has 126 valence electrons. The summed E-state index contributed by atoms with van der Waals surface area (Å²) in [5, 5.41) is 8.57. The molecule has 1 N–H and O–H groups in total. The van der Waals surface area contributed by atoms with Gasteiger partial charge in [0.05, 0.1) is 0 Å². The third kappa shape index (κ3) is 5.56. The molecular weight excluding hydrogens is 298 g/mol. The largest absolute Gasteiger partial charge is 0.482 e. The minimum absolute atomic E-state index is 0.0793. The Morgan fingerprint density at radius 3 is 2.52 bits per heavy atom. The molecule has 0 spiro atoms. The van der Waals surface area contributed by atoms with Crippen molar-refractivity contribution >= 4 is 17.6 Å². The number of amides is 1. The SMILES string of the molecule is CN(C(=O)CCC1CCOCC1)c1ccc(OCC(=O)O)cc1. The van der Waals surface area contributed by atoms with Crippen molar-refractivity contribution in [1.29, 1.82) is 0 Å². The number of hydrogen-bond donors (Lipinski definition) is 1. The first-order chi connectivity index (χ1) is 11.1. The zero-order valence-electron chi connectivity index (χ0n) is 13.4. The Labute approximate surface area is 136 Å². The average molecular weight is 321 g/mol. The van der Waals surface area contributed by atoms with Crippen LogP contribution in [0.15, 0.2) is 24.3 Å². The van der Waals surface area contributed by atoms with Crippen LogP contribution in [0.2, 0.25) is 0 Å². The highest BCUT2D eigenvalue weighted by Crippen LogP contribution is 2.23. The van der Waals surface area contributed by atoms with Gasteiger partial charge < -0.3 is 19.5 Å². The Morgan fingerprint density at radius 1 is 1.26 bits per heavy atom. The molecule has 0 aromatic heterocycles. The maximum atomic E-state index is 12.3. The van der Waals surface area contributed by atoms with Crippen LogP contribution in [0.25, 0.3) is 0 Å². The molecule has 1 amide bonds. The molecule has 1 heterocycles. The molecule has 2 rings (SSSR count). The first-order valence-corrected chi connectivity index (χ1v) is 7.85. The monoisotopic (exact) mass is 321 g/mol. The van der Waals surface area contributed by atoms with Gasteiger partial charge in [0, 0.05) is 32.4 Å². The van der Waals surface area contributed by atoms with Crippen LogP contribution in [0, 0.1) is 5.92 Å². The molecule has 1 fully saturated rings. The first kappa shape index (κ1) is 17.3. The molecule has 1 aromatic rings. The lowest BCUT2D eigenvalue weighted by molar-refractivity contribution is -0.139. The van der Waals surface area contributed by atoms with Crippen molar-refractivity contribution in [1.82, 2.24) is 0 Å². The van der Waals surface area contributed by atoms with Crippen LogP contribution in [0.4, 0.5) is 5.69 Å². The number of nitrogens with zero attached hydrogens (tertiary/aromatic N) is 1. The van der Waals surface area contributed by atoms with Crippen LogP contribution in [0.3, 0.4) is 0 Å². The number of aliphatic carboxylic acids is 1. The molecular formula is C17H23NO5. The van der Waals surface area contributed by atoms with Gasteiger partial charge >= 0.3 is 5.97 Å². The van der Waals surface area contributed by atoms with Gasteiger partial charge in [-0.25, -0.2) is 4.79 Å². The molecule has 0 saturated carbocycles. The fourth-order valence-electron chi connectivity index (χ4n) is 2.59. The number of anilines is 1. The molecule has 1 aromatic carbocycles. The Morgan fingerprint density at radius 2 is 1.91 bits per heavy atom. The van der Waals surface area contributed by atoms with E-state index in [1.807, 2.05) is 0 Å². The lowest BCUT2D eigenvalue weighted by atomic mass is 9.95. The van der Waals surface area contributed by atoms with Crippen molar-refractivity contribution in [2.75, 3.05) is 31.8 Å². The summed E-state index contributed by atoms with van der Waals surface area (Å²) >= 11 is 0. The van der Waals surface area contributed by atoms with Crippen molar-refractivity contribution < 1.29 is 24.2 Å². The second-order valence-corrected chi connectivity index (χ2v) is 5.72. The molecule has 0 bridgehead atoms. The van der Waals surface area contributed by atoms with Crippen LogP contribution < -0.4 is 9.64 Å². The molecule has 0 atom stereocenters. The quantitative estimate of drug-likeness (QED) is 0.834. The summed E-state index contributed by atoms with van der Waals surface area (Å²) in [5.74, 6) is 0.109. The van der Waals surface area contributed by atoms with E-state index in [9.17, 15) is 9.59 Å². The number of hydrogen-bond acceptors (Lipinski definition) is 4. The van der Waals surface area contributed by atoms with Gasteiger partial charge in [0.15, 0.2) is 6.61 Å². The fourth-order valence-corrected chi connectivity index (χ4v) is 2.59. The number of rotatable bonds is 7. The Balaban J connectivity index is 1.82. The molecule has 0 radical (unpaired) electrons. The number of benzene rings is 1. The van der Waals surface area contributed by atoms with Crippen LogP contribution >= 0.6 is 0 Å². The highest BCUT2D eigenvalue weighted by molar-refractivity contribution is 5.92. The van der Waals surface area contributed by atoms with E-state index in [0.29, 0.717) is 18.1 Å². The maximum Gasteiger partial charge on any atom is 0.341 e. The van der Waals surface area contributed by atoms with E-state index < -0.39 is 5.97 Å². The Kier molecular flexibility index (Phi) is 6.40. The fraction of sp³-hybridized carbons (Fsp3) is 0.529. The first-order valence-electron chi connectivity index (χ1n) is 7.85. The summed E-state index contributed by atoms with van der Waals surface area (Å²) in [7, 11) is 1.75. The van der Waals surface area contributed by atoms with Crippen molar-refractivity contribution in [2.45, 2.75) is 25.7 Å². The second-order valence-electron chi connectivity index (χ2n) is 5.72. The molecule has 1 saturated heterocycles. The number of carbonyl (C=O) groups excluding carboxylic acids is 1. The zero-order chi connectivity index (χ0) is 16.7. The van der Waals surface area contributed by atoms with Crippen LogP contribution in [0.5, 0.6) is 5.75 Å². The Hall–Kier alpha value is -2.08. The maximum absolute atomic E-state index is 12.3. The van der Waals surface area contributed by atoms with Crippen molar-refractivity contribution in [2.24, 2.45) is 5.92 Å². The van der Waals surface area contributed by atoms with Crippen molar-refractivity contribution in [3.8, 4) is 5.75 Å². The summed E-state index contributed by atoms with van der Waals surface area (Å²) < 4.78 is 10.4. The molecule has 6 nitrogen and oxygen atoms in total. The predicted molar refractivity (Wildman–Crippen MR) is 85.8 cm³/mol. The topological polar surface area (TPSA) is 76.1 Å². The van der Waals surface area contributed by atoms with E-state index >= 15 is 0 Å². The Bertz CT molecular complexity index is 522. The normalized spacial score (nSPS) is 15.2. The van der Waals surface area contributed by atoms with Crippen LogP contribution in [0.1, 0.15) is 25.7 Å². The van der Waals surface area contributed by atoms with Crippen LogP contribution in [-0.2, 0) is 14.3 Å². The number of ether oxygens (including phenoxy) is 2. The van der Waals surface area contributed by atoms with Crippen molar-refractivity contribution in [3.05, 3.63) is 24.3 Å². The number of carboxylic acid groups (broad SMARTS) is 1. The lowest BCUT2D eigenvalue weighted by Gasteiger charge is -2.23. The van der Waals surface area contributed by atoms with E-state index in [2.05, 4.69) is 0 Å². The van der Waals surface area contributed by atoms with Gasteiger partial charge in [-0.2, -0.15) is 0 Å². The van der Waals surface area contributed by atoms with E-state index in [-0.39, 0.29) is 12.5 Å². The summed E-state index contributed by atoms with van der Waals surface area (Å²) in [4.78, 5) is 24.4. The molecule has 1 aliphatic heterocycles. The highest BCUT2D eigenvalue weighted by atomic mass is 16.5.